The van der Waals surface area contributed by atoms with Gasteiger partial charge in [-0.2, -0.15) is 0 Å². The standard InChI is InChI=1S/C34H63NO4/c1-3-5-7-9-11-13-15-16-17-18-19-21-22-24-26-28-32(37)31(30-36)35-34(39)33(38)29-27-25-23-20-14-12-10-8-6-4-2/h15-16,19,21,26,28,31-33,36-38H,3-14,17-18,20,22-25,27,29-30H2,1-2H3,(H,35,39)/b16-15+,21-19+,28-26+. The van der Waals surface area contributed by atoms with Gasteiger partial charge in [0.05, 0.1) is 18.8 Å². The van der Waals surface area contributed by atoms with Gasteiger partial charge in [-0.3, -0.25) is 4.79 Å². The first-order valence-electron chi connectivity index (χ1n) is 16.3. The molecule has 0 aliphatic rings. The van der Waals surface area contributed by atoms with E-state index >= 15 is 0 Å². The van der Waals surface area contributed by atoms with Gasteiger partial charge in [-0.1, -0.05) is 140 Å². The Labute approximate surface area is 241 Å². The highest BCUT2D eigenvalue weighted by Crippen LogP contribution is 2.12. The van der Waals surface area contributed by atoms with Gasteiger partial charge in [0.2, 0.25) is 5.91 Å². The molecule has 0 saturated carbocycles. The van der Waals surface area contributed by atoms with E-state index in [4.69, 9.17) is 0 Å². The molecular weight excluding hydrogens is 486 g/mol. The molecule has 3 unspecified atom stereocenters. The van der Waals surface area contributed by atoms with E-state index in [2.05, 4.69) is 43.5 Å². The SMILES string of the molecule is CCCCCCC/C=C/CC/C=C/CC/C=C/C(O)C(CO)NC(=O)C(O)CCCCCCCCCCCC. The van der Waals surface area contributed by atoms with Gasteiger partial charge in [0, 0.05) is 0 Å². The lowest BCUT2D eigenvalue weighted by atomic mass is 10.0. The third kappa shape index (κ3) is 25.3. The van der Waals surface area contributed by atoms with Crippen LogP contribution in [0.1, 0.15) is 149 Å². The molecule has 0 spiro atoms. The molecule has 0 saturated heterocycles. The third-order valence-corrected chi connectivity index (χ3v) is 7.21. The highest BCUT2D eigenvalue weighted by atomic mass is 16.3. The van der Waals surface area contributed by atoms with E-state index < -0.39 is 24.2 Å². The van der Waals surface area contributed by atoms with Crippen molar-refractivity contribution in [3.05, 3.63) is 36.5 Å². The van der Waals surface area contributed by atoms with Gasteiger partial charge in [0.1, 0.15) is 6.10 Å². The Hall–Kier alpha value is -1.43. The highest BCUT2D eigenvalue weighted by Gasteiger charge is 2.22. The van der Waals surface area contributed by atoms with Crippen molar-refractivity contribution in [2.75, 3.05) is 6.61 Å². The van der Waals surface area contributed by atoms with Gasteiger partial charge in [-0.15, -0.1) is 0 Å². The van der Waals surface area contributed by atoms with E-state index in [1.165, 1.54) is 83.5 Å². The molecule has 5 heteroatoms. The maximum absolute atomic E-state index is 12.3. The number of carbonyl (C=O) groups excluding carboxylic acids is 1. The summed E-state index contributed by atoms with van der Waals surface area (Å²) in [5, 5.41) is 32.7. The minimum atomic E-state index is -1.10. The number of amides is 1. The lowest BCUT2D eigenvalue weighted by molar-refractivity contribution is -0.131. The molecule has 1 amide bonds. The lowest BCUT2D eigenvalue weighted by Crippen LogP contribution is -2.48. The molecule has 0 bridgehead atoms. The fourth-order valence-electron chi connectivity index (χ4n) is 4.57. The average molecular weight is 550 g/mol. The number of hydrogen-bond acceptors (Lipinski definition) is 4. The predicted octanol–water partition coefficient (Wildman–Crippen LogP) is 8.09. The molecule has 0 aromatic heterocycles. The first kappa shape index (κ1) is 37.6. The van der Waals surface area contributed by atoms with Crippen LogP contribution >= 0.6 is 0 Å². The molecule has 0 rings (SSSR count). The Balaban J connectivity index is 3.90. The van der Waals surface area contributed by atoms with Crippen molar-refractivity contribution in [3.63, 3.8) is 0 Å². The quantitative estimate of drug-likeness (QED) is 0.0586. The molecule has 4 N–H and O–H groups in total. The predicted molar refractivity (Wildman–Crippen MR) is 167 cm³/mol. The van der Waals surface area contributed by atoms with Gasteiger partial charge in [-0.05, 0) is 44.9 Å². The molecule has 0 aromatic carbocycles. The van der Waals surface area contributed by atoms with Crippen LogP contribution in [0.3, 0.4) is 0 Å². The number of carbonyl (C=O) groups is 1. The summed E-state index contributed by atoms with van der Waals surface area (Å²) in [4.78, 5) is 12.3. The lowest BCUT2D eigenvalue weighted by Gasteiger charge is -2.21. The third-order valence-electron chi connectivity index (χ3n) is 7.21. The van der Waals surface area contributed by atoms with Gasteiger partial charge >= 0.3 is 0 Å². The second kappa shape index (κ2) is 29.6. The second-order valence-electron chi connectivity index (χ2n) is 11.0. The topological polar surface area (TPSA) is 89.8 Å². The van der Waals surface area contributed by atoms with Gasteiger partial charge in [0.25, 0.3) is 0 Å². The molecule has 228 valence electrons. The molecule has 0 fully saturated rings. The molecule has 0 heterocycles. The Kier molecular flexibility index (Phi) is 28.5. The highest BCUT2D eigenvalue weighted by molar-refractivity contribution is 5.80. The van der Waals surface area contributed by atoms with Crippen molar-refractivity contribution < 1.29 is 20.1 Å². The molecule has 3 atom stereocenters. The summed E-state index contributed by atoms with van der Waals surface area (Å²) < 4.78 is 0. The van der Waals surface area contributed by atoms with Crippen LogP contribution in [0, 0.1) is 0 Å². The molecule has 39 heavy (non-hydrogen) atoms. The molecule has 0 radical (unpaired) electrons. The van der Waals surface area contributed by atoms with E-state index in [9.17, 15) is 20.1 Å². The van der Waals surface area contributed by atoms with Crippen molar-refractivity contribution in [3.8, 4) is 0 Å². The van der Waals surface area contributed by atoms with Gasteiger partial charge in [-0.25, -0.2) is 0 Å². The number of unbranched alkanes of at least 4 members (excludes halogenated alkanes) is 16. The summed E-state index contributed by atoms with van der Waals surface area (Å²) in [6.45, 7) is 4.10. The van der Waals surface area contributed by atoms with Crippen LogP contribution in [0.2, 0.25) is 0 Å². The van der Waals surface area contributed by atoms with Crippen LogP contribution in [0.15, 0.2) is 36.5 Å². The second-order valence-corrected chi connectivity index (χ2v) is 11.0. The summed E-state index contributed by atoms with van der Waals surface area (Å²) >= 11 is 0. The zero-order chi connectivity index (χ0) is 28.8. The maximum Gasteiger partial charge on any atom is 0.249 e. The van der Waals surface area contributed by atoms with Crippen LogP contribution in [0.4, 0.5) is 0 Å². The first-order chi connectivity index (χ1) is 19.1. The zero-order valence-corrected chi connectivity index (χ0v) is 25.5. The van der Waals surface area contributed by atoms with Crippen LogP contribution in [0.5, 0.6) is 0 Å². The summed E-state index contributed by atoms with van der Waals surface area (Å²) in [6.07, 6.45) is 34.4. The Morgan fingerprint density at radius 2 is 1.05 bits per heavy atom. The van der Waals surface area contributed by atoms with Crippen molar-refractivity contribution in [1.82, 2.24) is 5.32 Å². The van der Waals surface area contributed by atoms with Crippen molar-refractivity contribution in [2.45, 2.75) is 167 Å². The van der Waals surface area contributed by atoms with E-state index in [0.29, 0.717) is 6.42 Å². The molecule has 5 nitrogen and oxygen atoms in total. The average Bonchev–Trinajstić information content (AvgIpc) is 2.94. The number of aliphatic hydroxyl groups is 3. The monoisotopic (exact) mass is 549 g/mol. The molecule has 0 aliphatic carbocycles. The van der Waals surface area contributed by atoms with Crippen molar-refractivity contribution in [1.29, 1.82) is 0 Å². The normalized spacial score (nSPS) is 14.5. The summed E-state index contributed by atoms with van der Waals surface area (Å²) in [6, 6.07) is -0.815. The van der Waals surface area contributed by atoms with Gasteiger partial charge < -0.3 is 20.6 Å². The maximum atomic E-state index is 12.3. The number of rotatable bonds is 28. The fraction of sp³-hybridized carbons (Fsp3) is 0.794. The Morgan fingerprint density at radius 3 is 1.56 bits per heavy atom. The smallest absolute Gasteiger partial charge is 0.249 e. The summed E-state index contributed by atoms with van der Waals surface area (Å²) in [5.74, 6) is -0.522. The van der Waals surface area contributed by atoms with Crippen molar-refractivity contribution in [2.24, 2.45) is 0 Å². The van der Waals surface area contributed by atoms with E-state index in [-0.39, 0.29) is 6.61 Å². The minimum Gasteiger partial charge on any atom is -0.394 e. The number of hydrogen-bond donors (Lipinski definition) is 4. The zero-order valence-electron chi connectivity index (χ0n) is 25.5. The molecule has 0 aromatic rings. The van der Waals surface area contributed by atoms with E-state index in [1.54, 1.807) is 6.08 Å². The van der Waals surface area contributed by atoms with Crippen LogP contribution < -0.4 is 5.32 Å². The summed E-state index contributed by atoms with van der Waals surface area (Å²) in [5.41, 5.74) is 0. The Morgan fingerprint density at radius 1 is 0.615 bits per heavy atom. The summed E-state index contributed by atoms with van der Waals surface area (Å²) in [7, 11) is 0. The fourth-order valence-corrected chi connectivity index (χ4v) is 4.57. The largest absolute Gasteiger partial charge is 0.394 e. The van der Waals surface area contributed by atoms with Crippen molar-refractivity contribution >= 4 is 5.91 Å². The minimum absolute atomic E-state index is 0.381. The number of nitrogens with one attached hydrogen (secondary N) is 1. The Bertz CT molecular complexity index is 616. The number of aliphatic hydroxyl groups excluding tert-OH is 3. The van der Waals surface area contributed by atoms with E-state index in [1.807, 2.05) is 6.08 Å². The molecular formula is C34H63NO4. The first-order valence-corrected chi connectivity index (χ1v) is 16.3. The van der Waals surface area contributed by atoms with Crippen LogP contribution in [0.25, 0.3) is 0 Å². The molecule has 0 aliphatic heterocycles. The van der Waals surface area contributed by atoms with Crippen LogP contribution in [-0.2, 0) is 4.79 Å². The van der Waals surface area contributed by atoms with Gasteiger partial charge in [0.15, 0.2) is 0 Å². The van der Waals surface area contributed by atoms with Crippen LogP contribution in [-0.4, -0.2) is 46.1 Å². The van der Waals surface area contributed by atoms with E-state index in [0.717, 1.165) is 44.9 Å². The number of allylic oxidation sites excluding steroid dienone is 5.